The monoisotopic (exact) mass is 198 g/mol. The third-order valence-electron chi connectivity index (χ3n) is 3.69. The summed E-state index contributed by atoms with van der Waals surface area (Å²) in [6.45, 7) is 2.13. The van der Waals surface area contributed by atoms with E-state index in [1.165, 1.54) is 32.1 Å². The Balaban J connectivity index is 1.95. The molecule has 0 bridgehead atoms. The first kappa shape index (κ1) is 9.57. The van der Waals surface area contributed by atoms with Gasteiger partial charge in [-0.3, -0.25) is 4.79 Å². The van der Waals surface area contributed by atoms with E-state index in [-0.39, 0.29) is 0 Å². The molecule has 0 spiro atoms. The first-order valence-electron chi connectivity index (χ1n) is 5.45. The highest BCUT2D eigenvalue weighted by Gasteiger charge is 2.37. The minimum atomic E-state index is 0.341. The van der Waals surface area contributed by atoms with E-state index in [0.717, 1.165) is 11.7 Å². The zero-order valence-corrected chi connectivity index (χ0v) is 9.11. The Kier molecular flexibility index (Phi) is 2.97. The molecule has 1 heterocycles. The first-order chi connectivity index (χ1) is 6.29. The van der Waals surface area contributed by atoms with Crippen LogP contribution < -0.4 is 0 Å². The lowest BCUT2D eigenvalue weighted by Gasteiger charge is -2.28. The summed E-state index contributed by atoms with van der Waals surface area (Å²) in [5.74, 6) is 3.01. The van der Waals surface area contributed by atoms with Crippen LogP contribution in [-0.4, -0.2) is 10.9 Å². The van der Waals surface area contributed by atoms with E-state index >= 15 is 0 Å². The Morgan fingerprint density at radius 3 is 2.46 bits per heavy atom. The highest BCUT2D eigenvalue weighted by Crippen LogP contribution is 2.41. The quantitative estimate of drug-likeness (QED) is 0.644. The molecule has 2 atom stereocenters. The predicted molar refractivity (Wildman–Crippen MR) is 56.7 cm³/mol. The van der Waals surface area contributed by atoms with Gasteiger partial charge in [-0.2, -0.15) is 0 Å². The summed E-state index contributed by atoms with van der Waals surface area (Å²) in [6.07, 6.45) is 6.96. The fourth-order valence-electron chi connectivity index (χ4n) is 2.74. The van der Waals surface area contributed by atoms with Crippen molar-refractivity contribution in [2.45, 2.75) is 39.0 Å². The van der Waals surface area contributed by atoms with E-state index in [9.17, 15) is 4.79 Å². The Hall–Kier alpha value is 0.0200. The average molecular weight is 198 g/mol. The van der Waals surface area contributed by atoms with E-state index in [0.29, 0.717) is 17.0 Å². The van der Waals surface area contributed by atoms with Gasteiger partial charge in [-0.25, -0.2) is 0 Å². The molecule has 0 aromatic carbocycles. The molecule has 74 valence electrons. The first-order valence-corrected chi connectivity index (χ1v) is 6.44. The van der Waals surface area contributed by atoms with Crippen molar-refractivity contribution in [2.24, 2.45) is 17.8 Å². The molecule has 2 aliphatic rings. The molecule has 13 heavy (non-hydrogen) atoms. The highest BCUT2D eigenvalue weighted by atomic mass is 32.2. The van der Waals surface area contributed by atoms with Crippen molar-refractivity contribution in [1.82, 2.24) is 0 Å². The second kappa shape index (κ2) is 4.04. The molecule has 2 heteroatoms. The Bertz CT molecular complexity index is 196. The summed E-state index contributed by atoms with van der Waals surface area (Å²) in [5, 5.41) is 0.440. The van der Waals surface area contributed by atoms with Gasteiger partial charge in [-0.15, -0.1) is 0 Å². The number of hydrogen-bond acceptors (Lipinski definition) is 2. The molecule has 1 saturated heterocycles. The minimum absolute atomic E-state index is 0.341. The van der Waals surface area contributed by atoms with Crippen LogP contribution in [0.15, 0.2) is 0 Å². The summed E-state index contributed by atoms with van der Waals surface area (Å²) >= 11 is 1.57. The topological polar surface area (TPSA) is 17.1 Å². The fourth-order valence-corrected chi connectivity index (χ4v) is 4.09. The molecule has 1 nitrogen and oxygen atoms in total. The molecule has 0 amide bonds. The molecular weight excluding hydrogens is 180 g/mol. The smallest absolute Gasteiger partial charge is 0.192 e. The van der Waals surface area contributed by atoms with Gasteiger partial charge in [-0.1, -0.05) is 50.8 Å². The predicted octanol–water partition coefficient (Wildman–Crippen LogP) is 3.09. The number of carbonyl (C=O) groups is 1. The van der Waals surface area contributed by atoms with Crippen molar-refractivity contribution in [1.29, 1.82) is 0 Å². The van der Waals surface area contributed by atoms with Crippen molar-refractivity contribution >= 4 is 16.9 Å². The van der Waals surface area contributed by atoms with Gasteiger partial charge in [0.25, 0.3) is 0 Å². The average Bonchev–Trinajstić information content (AvgIpc) is 2.49. The van der Waals surface area contributed by atoms with Gasteiger partial charge in [-0.05, 0) is 11.8 Å². The second-order valence-corrected chi connectivity index (χ2v) is 5.51. The van der Waals surface area contributed by atoms with Gasteiger partial charge < -0.3 is 0 Å². The van der Waals surface area contributed by atoms with Crippen LogP contribution in [0.1, 0.15) is 39.0 Å². The van der Waals surface area contributed by atoms with E-state index < -0.39 is 0 Å². The SMILES string of the molecule is CC1C(=O)SCC1C1CCCCC1. The number of hydrogen-bond donors (Lipinski definition) is 0. The van der Waals surface area contributed by atoms with Gasteiger partial charge in [0.1, 0.15) is 0 Å². The number of rotatable bonds is 1. The van der Waals surface area contributed by atoms with Gasteiger partial charge in [0, 0.05) is 11.7 Å². The van der Waals surface area contributed by atoms with Gasteiger partial charge in [0.15, 0.2) is 5.12 Å². The van der Waals surface area contributed by atoms with E-state index in [4.69, 9.17) is 0 Å². The van der Waals surface area contributed by atoms with Crippen LogP contribution in [0.2, 0.25) is 0 Å². The van der Waals surface area contributed by atoms with Gasteiger partial charge >= 0.3 is 0 Å². The standard InChI is InChI=1S/C11H18OS/c1-8-10(7-13-11(8)12)9-5-3-2-4-6-9/h8-10H,2-7H2,1H3. The van der Waals surface area contributed by atoms with Crippen molar-refractivity contribution in [3.63, 3.8) is 0 Å². The third kappa shape index (κ3) is 1.93. The minimum Gasteiger partial charge on any atom is -0.287 e. The fraction of sp³-hybridized carbons (Fsp3) is 0.909. The maximum atomic E-state index is 11.4. The summed E-state index contributed by atoms with van der Waals surface area (Å²) < 4.78 is 0. The van der Waals surface area contributed by atoms with Crippen LogP contribution in [0, 0.1) is 17.8 Å². The lowest BCUT2D eigenvalue weighted by Crippen LogP contribution is -2.23. The van der Waals surface area contributed by atoms with Crippen LogP contribution in [0.25, 0.3) is 0 Å². The number of thioether (sulfide) groups is 1. The maximum Gasteiger partial charge on any atom is 0.192 e. The molecule has 1 aliphatic heterocycles. The maximum absolute atomic E-state index is 11.4. The van der Waals surface area contributed by atoms with Gasteiger partial charge in [0.2, 0.25) is 0 Å². The van der Waals surface area contributed by atoms with E-state index in [1.807, 2.05) is 0 Å². The molecular formula is C11H18OS. The highest BCUT2D eigenvalue weighted by molar-refractivity contribution is 8.14. The molecule has 1 saturated carbocycles. The molecule has 0 aromatic heterocycles. The van der Waals surface area contributed by atoms with Crippen molar-refractivity contribution in [3.8, 4) is 0 Å². The van der Waals surface area contributed by atoms with E-state index in [2.05, 4.69) is 6.92 Å². The zero-order chi connectivity index (χ0) is 9.26. The summed E-state index contributed by atoms with van der Waals surface area (Å²) in [5.41, 5.74) is 0. The molecule has 2 unspecified atom stereocenters. The lowest BCUT2D eigenvalue weighted by molar-refractivity contribution is -0.114. The molecule has 0 aromatic rings. The van der Waals surface area contributed by atoms with E-state index in [1.54, 1.807) is 11.8 Å². The third-order valence-corrected chi connectivity index (χ3v) is 4.90. The Morgan fingerprint density at radius 1 is 1.23 bits per heavy atom. The van der Waals surface area contributed by atoms with Crippen LogP contribution in [0.5, 0.6) is 0 Å². The van der Waals surface area contributed by atoms with Crippen molar-refractivity contribution in [3.05, 3.63) is 0 Å². The molecule has 0 N–H and O–H groups in total. The lowest BCUT2D eigenvalue weighted by atomic mass is 9.76. The van der Waals surface area contributed by atoms with Crippen LogP contribution in [0.4, 0.5) is 0 Å². The Morgan fingerprint density at radius 2 is 1.92 bits per heavy atom. The second-order valence-electron chi connectivity index (χ2n) is 4.48. The largest absolute Gasteiger partial charge is 0.287 e. The number of carbonyl (C=O) groups excluding carboxylic acids is 1. The molecule has 2 rings (SSSR count). The molecule has 2 fully saturated rings. The summed E-state index contributed by atoms with van der Waals surface area (Å²) in [7, 11) is 0. The summed E-state index contributed by atoms with van der Waals surface area (Å²) in [6, 6.07) is 0. The van der Waals surface area contributed by atoms with Crippen LogP contribution >= 0.6 is 11.8 Å². The van der Waals surface area contributed by atoms with Crippen molar-refractivity contribution < 1.29 is 4.79 Å². The zero-order valence-electron chi connectivity index (χ0n) is 8.29. The molecule has 0 radical (unpaired) electrons. The van der Waals surface area contributed by atoms with Crippen LogP contribution in [-0.2, 0) is 4.79 Å². The van der Waals surface area contributed by atoms with Gasteiger partial charge in [0.05, 0.1) is 0 Å². The van der Waals surface area contributed by atoms with Crippen molar-refractivity contribution in [2.75, 3.05) is 5.75 Å². The molecule has 1 aliphatic carbocycles. The summed E-state index contributed by atoms with van der Waals surface area (Å²) in [4.78, 5) is 11.4. The normalized spacial score (nSPS) is 36.8. The van der Waals surface area contributed by atoms with Crippen LogP contribution in [0.3, 0.4) is 0 Å². The Labute approximate surface area is 84.7 Å².